The van der Waals surface area contributed by atoms with E-state index in [9.17, 15) is 15.0 Å². The van der Waals surface area contributed by atoms with Crippen molar-refractivity contribution in [3.8, 4) is 0 Å². The highest BCUT2D eigenvalue weighted by Crippen LogP contribution is 2.65. The molecule has 0 aliphatic heterocycles. The van der Waals surface area contributed by atoms with Crippen LogP contribution in [0, 0.1) is 46.3 Å². The number of hydrogen-bond acceptors (Lipinski definition) is 3. The maximum Gasteiger partial charge on any atom is 0.159 e. The van der Waals surface area contributed by atoms with Crippen molar-refractivity contribution in [2.75, 3.05) is 0 Å². The second kappa shape index (κ2) is 8.38. The van der Waals surface area contributed by atoms with Gasteiger partial charge in [0, 0.05) is 12.0 Å². The molecule has 0 saturated heterocycles. The average Bonchev–Trinajstić information content (AvgIpc) is 3.01. The number of ketones is 1. The van der Waals surface area contributed by atoms with E-state index in [1.54, 1.807) is 0 Å². The molecule has 9 unspecified atom stereocenters. The molecule has 3 saturated carbocycles. The molecule has 2 N–H and O–H groups in total. The number of carbonyl (C=O) groups is 1. The van der Waals surface area contributed by atoms with Crippen LogP contribution in [0.5, 0.6) is 0 Å². The monoisotopic (exact) mass is 442 g/mol. The summed E-state index contributed by atoms with van der Waals surface area (Å²) in [7, 11) is 0. The fourth-order valence-electron chi connectivity index (χ4n) is 8.25. The molecular weight excluding hydrogens is 396 g/mol. The number of allylic oxidation sites excluding steroid dienone is 1. The number of fused-ring (bicyclic) bond motifs is 4. The Morgan fingerprint density at radius 1 is 1.00 bits per heavy atom. The van der Waals surface area contributed by atoms with Crippen LogP contribution >= 0.6 is 0 Å². The smallest absolute Gasteiger partial charge is 0.159 e. The van der Waals surface area contributed by atoms with E-state index >= 15 is 0 Å². The number of hydrogen-bond donors (Lipinski definition) is 2. The lowest BCUT2D eigenvalue weighted by atomic mass is 9.47. The lowest BCUT2D eigenvalue weighted by Crippen LogP contribution is -2.52. The molecule has 0 aromatic rings. The minimum absolute atomic E-state index is 0.0238. The molecule has 9 atom stereocenters. The van der Waals surface area contributed by atoms with Crippen LogP contribution in [0.3, 0.4) is 0 Å². The highest BCUT2D eigenvalue weighted by molar-refractivity contribution is 5.99. The number of carbonyl (C=O) groups excluding carboxylic acids is 1. The topological polar surface area (TPSA) is 57.5 Å². The standard InChI is InChI=1S/C29H46O3/c1-16(2)17(3)8-9-18(4)21-14-25(32)27-26-20(10-12-29(21,27)7)28(6)13-11-23(30)19(5)22(28)15-24(26)31/h16-18,20-23,25,30,32H,5,8-15H2,1-4,6-7H3. The Kier molecular flexibility index (Phi) is 6.34. The number of Topliss-reactive ketones (excluding diaryl/α,β-unsaturated/α-hetero) is 1. The minimum Gasteiger partial charge on any atom is -0.389 e. The normalized spacial score (nSPS) is 43.7. The molecule has 0 radical (unpaired) electrons. The first kappa shape index (κ1) is 24.2. The zero-order valence-electron chi connectivity index (χ0n) is 21.3. The zero-order valence-corrected chi connectivity index (χ0v) is 21.3. The molecule has 0 bridgehead atoms. The van der Waals surface area contributed by atoms with E-state index in [1.165, 1.54) is 12.8 Å². The molecule has 3 nitrogen and oxygen atoms in total. The van der Waals surface area contributed by atoms with Gasteiger partial charge >= 0.3 is 0 Å². The van der Waals surface area contributed by atoms with Crippen molar-refractivity contribution in [1.29, 1.82) is 0 Å². The van der Waals surface area contributed by atoms with Crippen LogP contribution in [0.1, 0.15) is 92.9 Å². The molecule has 180 valence electrons. The molecule has 0 spiro atoms. The van der Waals surface area contributed by atoms with E-state index in [2.05, 4.69) is 48.1 Å². The first-order valence-electron chi connectivity index (χ1n) is 13.2. The van der Waals surface area contributed by atoms with Gasteiger partial charge in [0.2, 0.25) is 0 Å². The third kappa shape index (κ3) is 3.57. The summed E-state index contributed by atoms with van der Waals surface area (Å²) in [5.41, 5.74) is 2.87. The Balaban J connectivity index is 1.66. The summed E-state index contributed by atoms with van der Waals surface area (Å²) in [5.74, 6) is 2.91. The van der Waals surface area contributed by atoms with Gasteiger partial charge in [0.25, 0.3) is 0 Å². The van der Waals surface area contributed by atoms with E-state index < -0.39 is 12.2 Å². The Bertz CT molecular complexity index is 809. The van der Waals surface area contributed by atoms with Gasteiger partial charge < -0.3 is 10.2 Å². The molecule has 0 amide bonds. The van der Waals surface area contributed by atoms with Gasteiger partial charge in [-0.1, -0.05) is 61.0 Å². The summed E-state index contributed by atoms with van der Waals surface area (Å²) in [6.45, 7) is 18.2. The molecule has 0 aromatic heterocycles. The van der Waals surface area contributed by atoms with E-state index in [0.717, 1.165) is 54.7 Å². The van der Waals surface area contributed by atoms with Crippen LogP contribution in [0.4, 0.5) is 0 Å². The fraction of sp³-hybridized carbons (Fsp3) is 0.828. The molecule has 3 fully saturated rings. The van der Waals surface area contributed by atoms with Gasteiger partial charge in [0.15, 0.2) is 5.78 Å². The van der Waals surface area contributed by atoms with E-state index in [0.29, 0.717) is 24.2 Å². The lowest BCUT2D eigenvalue weighted by Gasteiger charge is -2.56. The van der Waals surface area contributed by atoms with Gasteiger partial charge in [0.1, 0.15) is 0 Å². The van der Waals surface area contributed by atoms with Crippen molar-refractivity contribution >= 4 is 5.78 Å². The van der Waals surface area contributed by atoms with Crippen molar-refractivity contribution < 1.29 is 15.0 Å². The van der Waals surface area contributed by atoms with Gasteiger partial charge in [-0.05, 0) is 89.6 Å². The van der Waals surface area contributed by atoms with E-state index in [1.807, 2.05) is 0 Å². The molecule has 0 aromatic carbocycles. The van der Waals surface area contributed by atoms with Crippen molar-refractivity contribution in [2.45, 2.75) is 105 Å². The van der Waals surface area contributed by atoms with Gasteiger partial charge in [-0.3, -0.25) is 4.79 Å². The van der Waals surface area contributed by atoms with Gasteiger partial charge in [-0.15, -0.1) is 0 Å². The van der Waals surface area contributed by atoms with Gasteiger partial charge in [-0.25, -0.2) is 0 Å². The largest absolute Gasteiger partial charge is 0.389 e. The summed E-state index contributed by atoms with van der Waals surface area (Å²) in [6.07, 6.45) is 6.51. The first-order valence-corrected chi connectivity index (χ1v) is 13.2. The fourth-order valence-corrected chi connectivity index (χ4v) is 8.25. The second-order valence-electron chi connectivity index (χ2n) is 12.8. The Morgan fingerprint density at radius 3 is 2.34 bits per heavy atom. The second-order valence-corrected chi connectivity index (χ2v) is 12.8. The van der Waals surface area contributed by atoms with Crippen LogP contribution in [0.25, 0.3) is 0 Å². The molecule has 4 aliphatic carbocycles. The highest BCUT2D eigenvalue weighted by atomic mass is 16.3. The predicted molar refractivity (Wildman–Crippen MR) is 130 cm³/mol. The summed E-state index contributed by atoms with van der Waals surface area (Å²) in [6, 6.07) is 0. The minimum atomic E-state index is -0.478. The number of aliphatic hydroxyl groups is 2. The summed E-state index contributed by atoms with van der Waals surface area (Å²) in [5, 5.41) is 21.7. The molecule has 32 heavy (non-hydrogen) atoms. The van der Waals surface area contributed by atoms with Gasteiger partial charge in [0.05, 0.1) is 12.2 Å². The van der Waals surface area contributed by atoms with Crippen molar-refractivity contribution in [2.24, 2.45) is 46.3 Å². The summed E-state index contributed by atoms with van der Waals surface area (Å²) >= 11 is 0. The first-order chi connectivity index (χ1) is 14.9. The average molecular weight is 443 g/mol. The van der Waals surface area contributed by atoms with E-state index in [-0.39, 0.29) is 28.4 Å². The van der Waals surface area contributed by atoms with Crippen LogP contribution < -0.4 is 0 Å². The SMILES string of the molecule is C=C1C(O)CCC2(C)C1CC(=O)C1=C3C(O)CC(C(C)CCC(C)C(C)C)C3(C)CCC12. The Hall–Kier alpha value is -0.930. The Labute approximate surface area is 195 Å². The molecule has 4 rings (SSSR count). The number of rotatable bonds is 5. The van der Waals surface area contributed by atoms with Crippen LogP contribution in [-0.4, -0.2) is 28.2 Å². The maximum atomic E-state index is 13.6. The third-order valence-corrected chi connectivity index (χ3v) is 10.9. The molecule has 4 aliphatic rings. The highest BCUT2D eigenvalue weighted by Gasteiger charge is 2.60. The van der Waals surface area contributed by atoms with Crippen LogP contribution in [-0.2, 0) is 4.79 Å². The summed E-state index contributed by atoms with van der Waals surface area (Å²) in [4.78, 5) is 13.6. The quantitative estimate of drug-likeness (QED) is 0.506. The maximum absolute atomic E-state index is 13.6. The third-order valence-electron chi connectivity index (χ3n) is 10.9. The molecular formula is C29H46O3. The van der Waals surface area contributed by atoms with Crippen LogP contribution in [0.15, 0.2) is 23.3 Å². The van der Waals surface area contributed by atoms with Gasteiger partial charge in [-0.2, -0.15) is 0 Å². The van der Waals surface area contributed by atoms with Crippen LogP contribution in [0.2, 0.25) is 0 Å². The van der Waals surface area contributed by atoms with E-state index in [4.69, 9.17) is 0 Å². The molecule has 0 heterocycles. The molecule has 3 heteroatoms. The number of aliphatic hydroxyl groups excluding tert-OH is 2. The van der Waals surface area contributed by atoms with Crippen molar-refractivity contribution in [1.82, 2.24) is 0 Å². The lowest BCUT2D eigenvalue weighted by molar-refractivity contribution is -0.124. The predicted octanol–water partition coefficient (Wildman–Crippen LogP) is 6.09. The Morgan fingerprint density at radius 2 is 1.69 bits per heavy atom. The van der Waals surface area contributed by atoms with Crippen molar-refractivity contribution in [3.05, 3.63) is 23.3 Å². The van der Waals surface area contributed by atoms with Crippen molar-refractivity contribution in [3.63, 3.8) is 0 Å². The summed E-state index contributed by atoms with van der Waals surface area (Å²) < 4.78 is 0. The zero-order chi connectivity index (χ0) is 23.6.